The van der Waals surface area contributed by atoms with E-state index in [4.69, 9.17) is 0 Å². The van der Waals surface area contributed by atoms with Crippen LogP contribution < -0.4 is 5.32 Å². The minimum absolute atomic E-state index is 0.0899. The van der Waals surface area contributed by atoms with Crippen LogP contribution >= 0.6 is 0 Å². The van der Waals surface area contributed by atoms with Crippen molar-refractivity contribution in [2.24, 2.45) is 0 Å². The Morgan fingerprint density at radius 1 is 1.47 bits per heavy atom. The summed E-state index contributed by atoms with van der Waals surface area (Å²) in [5.74, 6) is 0.156. The molecule has 1 aromatic heterocycles. The van der Waals surface area contributed by atoms with Gasteiger partial charge in [0.05, 0.1) is 0 Å². The van der Waals surface area contributed by atoms with Gasteiger partial charge in [-0.3, -0.25) is 9.78 Å². The van der Waals surface area contributed by atoms with E-state index >= 15 is 0 Å². The summed E-state index contributed by atoms with van der Waals surface area (Å²) in [7, 11) is 0. The van der Waals surface area contributed by atoms with E-state index in [1.54, 1.807) is 6.20 Å². The fourth-order valence-electron chi connectivity index (χ4n) is 2.08. The van der Waals surface area contributed by atoms with Crippen LogP contribution in [0.2, 0.25) is 0 Å². The third kappa shape index (κ3) is 1.87. The molecule has 1 amide bonds. The number of amides is 1. The maximum Gasteiger partial charge on any atom is 0.220 e. The zero-order valence-electron chi connectivity index (χ0n) is 9.16. The second-order valence-corrected chi connectivity index (χ2v) is 4.60. The zero-order chi connectivity index (χ0) is 10.9. The summed E-state index contributed by atoms with van der Waals surface area (Å²) >= 11 is 0. The smallest absolute Gasteiger partial charge is 0.220 e. The Hall–Kier alpha value is -1.38. The van der Waals surface area contributed by atoms with Crippen molar-refractivity contribution in [2.75, 3.05) is 0 Å². The van der Waals surface area contributed by atoms with Gasteiger partial charge in [-0.25, -0.2) is 0 Å². The molecule has 1 atom stereocenters. The van der Waals surface area contributed by atoms with E-state index in [0.29, 0.717) is 6.42 Å². The Morgan fingerprint density at radius 2 is 2.27 bits per heavy atom. The maximum absolute atomic E-state index is 11.2. The largest absolute Gasteiger partial charge is 0.352 e. The second-order valence-electron chi connectivity index (χ2n) is 4.60. The molecule has 2 rings (SSSR count). The first kappa shape index (κ1) is 10.1. The summed E-state index contributed by atoms with van der Waals surface area (Å²) in [6.45, 7) is 4.26. The number of hydrogen-bond acceptors (Lipinski definition) is 2. The van der Waals surface area contributed by atoms with E-state index in [2.05, 4.69) is 24.1 Å². The Balaban J connectivity index is 2.23. The Labute approximate surface area is 89.9 Å². The Morgan fingerprint density at radius 3 is 2.80 bits per heavy atom. The van der Waals surface area contributed by atoms with E-state index in [1.165, 1.54) is 0 Å². The molecule has 3 nitrogen and oxygen atoms in total. The quantitative estimate of drug-likeness (QED) is 0.795. The van der Waals surface area contributed by atoms with E-state index in [1.807, 2.05) is 18.2 Å². The number of carbonyl (C=O) groups is 1. The molecule has 1 N–H and O–H groups in total. The van der Waals surface area contributed by atoms with Gasteiger partial charge in [-0.05, 0) is 18.6 Å². The van der Waals surface area contributed by atoms with Crippen molar-refractivity contribution in [1.82, 2.24) is 10.3 Å². The summed E-state index contributed by atoms with van der Waals surface area (Å²) in [6, 6.07) is 6.12. The van der Waals surface area contributed by atoms with Crippen LogP contribution in [0.25, 0.3) is 0 Å². The fourth-order valence-corrected chi connectivity index (χ4v) is 2.08. The van der Waals surface area contributed by atoms with Crippen molar-refractivity contribution < 1.29 is 4.79 Å². The van der Waals surface area contributed by atoms with E-state index in [9.17, 15) is 4.79 Å². The molecule has 0 aliphatic carbocycles. The lowest BCUT2D eigenvalue weighted by Crippen LogP contribution is -2.42. The van der Waals surface area contributed by atoms with Crippen molar-refractivity contribution in [1.29, 1.82) is 0 Å². The lowest BCUT2D eigenvalue weighted by atomic mass is 9.80. The number of nitrogens with one attached hydrogen (secondary N) is 1. The van der Waals surface area contributed by atoms with Crippen molar-refractivity contribution in [3.05, 3.63) is 30.1 Å². The van der Waals surface area contributed by atoms with Gasteiger partial charge >= 0.3 is 0 Å². The highest BCUT2D eigenvalue weighted by atomic mass is 16.1. The van der Waals surface area contributed by atoms with Crippen LogP contribution in [-0.4, -0.2) is 16.9 Å². The number of aromatic nitrogens is 1. The van der Waals surface area contributed by atoms with E-state index in [0.717, 1.165) is 12.1 Å². The van der Waals surface area contributed by atoms with Crippen LogP contribution in [0.5, 0.6) is 0 Å². The number of rotatable bonds is 2. The first-order valence-electron chi connectivity index (χ1n) is 5.31. The lowest BCUT2D eigenvalue weighted by molar-refractivity contribution is -0.119. The molecule has 0 spiro atoms. The summed E-state index contributed by atoms with van der Waals surface area (Å²) in [5, 5.41) is 3.01. The lowest BCUT2D eigenvalue weighted by Gasteiger charge is -2.30. The number of nitrogens with zero attached hydrogens (tertiary/aromatic N) is 1. The minimum Gasteiger partial charge on any atom is -0.352 e. The van der Waals surface area contributed by atoms with Gasteiger partial charge in [0, 0.05) is 29.8 Å². The molecule has 1 aliphatic heterocycles. The Kier molecular flexibility index (Phi) is 2.47. The molecule has 15 heavy (non-hydrogen) atoms. The molecule has 3 heteroatoms. The molecule has 0 unspecified atom stereocenters. The molecular formula is C12H16N2O. The van der Waals surface area contributed by atoms with Gasteiger partial charge in [-0.15, -0.1) is 0 Å². The topological polar surface area (TPSA) is 42.0 Å². The predicted molar refractivity (Wildman–Crippen MR) is 58.4 cm³/mol. The highest BCUT2D eigenvalue weighted by Crippen LogP contribution is 2.30. The van der Waals surface area contributed by atoms with Crippen molar-refractivity contribution in [2.45, 2.75) is 38.1 Å². The van der Waals surface area contributed by atoms with E-state index < -0.39 is 0 Å². The summed E-state index contributed by atoms with van der Waals surface area (Å²) in [5.41, 5.74) is 0.949. The van der Waals surface area contributed by atoms with Gasteiger partial charge in [0.25, 0.3) is 0 Å². The van der Waals surface area contributed by atoms with Gasteiger partial charge < -0.3 is 5.32 Å². The molecule has 0 radical (unpaired) electrons. The van der Waals surface area contributed by atoms with Crippen LogP contribution in [0, 0.1) is 0 Å². The van der Waals surface area contributed by atoms with Gasteiger partial charge in [0.1, 0.15) is 0 Å². The monoisotopic (exact) mass is 204 g/mol. The van der Waals surface area contributed by atoms with Gasteiger partial charge in [0.15, 0.2) is 0 Å². The first-order chi connectivity index (χ1) is 7.10. The third-order valence-corrected chi connectivity index (χ3v) is 3.19. The van der Waals surface area contributed by atoms with Crippen molar-refractivity contribution in [3.63, 3.8) is 0 Å². The number of carbonyl (C=O) groups excluding carboxylic acids is 1. The van der Waals surface area contributed by atoms with Crippen LogP contribution in [0.15, 0.2) is 24.4 Å². The van der Waals surface area contributed by atoms with Gasteiger partial charge in [-0.2, -0.15) is 0 Å². The maximum atomic E-state index is 11.2. The molecule has 0 aromatic carbocycles. The molecular weight excluding hydrogens is 188 g/mol. The average Bonchev–Trinajstić information content (AvgIpc) is 2.67. The SMILES string of the molecule is CC(C)(c1ccccn1)[C@H]1CCC(=O)N1. The van der Waals surface area contributed by atoms with Crippen LogP contribution in [0.4, 0.5) is 0 Å². The van der Waals surface area contributed by atoms with Crippen LogP contribution in [0.3, 0.4) is 0 Å². The van der Waals surface area contributed by atoms with E-state index in [-0.39, 0.29) is 17.4 Å². The number of hydrogen-bond donors (Lipinski definition) is 1. The third-order valence-electron chi connectivity index (χ3n) is 3.19. The minimum atomic E-state index is -0.0899. The molecule has 0 saturated carbocycles. The number of pyridine rings is 1. The molecule has 80 valence electrons. The predicted octanol–water partition coefficient (Wildman–Crippen LogP) is 1.64. The van der Waals surface area contributed by atoms with Crippen LogP contribution in [0.1, 0.15) is 32.4 Å². The molecule has 1 fully saturated rings. The highest BCUT2D eigenvalue weighted by Gasteiger charge is 2.36. The first-order valence-corrected chi connectivity index (χ1v) is 5.31. The Bertz CT molecular complexity index is 359. The average molecular weight is 204 g/mol. The molecule has 0 bridgehead atoms. The normalized spacial score (nSPS) is 21.5. The second kappa shape index (κ2) is 3.65. The van der Waals surface area contributed by atoms with Crippen molar-refractivity contribution in [3.8, 4) is 0 Å². The summed E-state index contributed by atoms with van der Waals surface area (Å²) in [6.07, 6.45) is 3.34. The van der Waals surface area contributed by atoms with Crippen molar-refractivity contribution >= 4 is 5.91 Å². The summed E-state index contributed by atoms with van der Waals surface area (Å²) < 4.78 is 0. The molecule has 1 saturated heterocycles. The van der Waals surface area contributed by atoms with Crippen LogP contribution in [-0.2, 0) is 10.2 Å². The zero-order valence-corrected chi connectivity index (χ0v) is 9.16. The molecule has 1 aliphatic rings. The summed E-state index contributed by atoms with van der Waals surface area (Å²) in [4.78, 5) is 15.6. The molecule has 2 heterocycles. The van der Waals surface area contributed by atoms with Gasteiger partial charge in [0.2, 0.25) is 5.91 Å². The highest BCUT2D eigenvalue weighted by molar-refractivity contribution is 5.78. The molecule has 1 aromatic rings. The fraction of sp³-hybridized carbons (Fsp3) is 0.500. The van der Waals surface area contributed by atoms with Gasteiger partial charge in [-0.1, -0.05) is 19.9 Å². The standard InChI is InChI=1S/C12H16N2O/c1-12(2,9-5-3-4-8-13-9)10-6-7-11(15)14-10/h3-5,8,10H,6-7H2,1-2H3,(H,14,15)/t10-/m1/s1.